The minimum Gasteiger partial charge on any atom is -0.840 e. The molecule has 3 aromatic rings. The Morgan fingerprint density at radius 2 is 1.67 bits per heavy atom. The Bertz CT molecular complexity index is 987. The molecule has 33 heavy (non-hydrogen) atoms. The van der Waals surface area contributed by atoms with Gasteiger partial charge in [-0.25, -0.2) is 4.98 Å². The molecular weight excluding hydrogens is 430 g/mol. The van der Waals surface area contributed by atoms with Crippen LogP contribution in [0.1, 0.15) is 54.9 Å². The van der Waals surface area contributed by atoms with Crippen molar-refractivity contribution in [2.75, 3.05) is 27.2 Å². The molecule has 1 unspecified atom stereocenters. The van der Waals surface area contributed by atoms with Crippen molar-refractivity contribution >= 4 is 11.5 Å². The summed E-state index contributed by atoms with van der Waals surface area (Å²) in [5, 5.41) is 15.4. The first-order chi connectivity index (χ1) is 16.0. The summed E-state index contributed by atoms with van der Waals surface area (Å²) >= 11 is 1.39. The van der Waals surface area contributed by atoms with Gasteiger partial charge in [-0.05, 0) is 35.2 Å². The van der Waals surface area contributed by atoms with Crippen molar-refractivity contribution in [3.8, 4) is 5.75 Å². The first-order valence-corrected chi connectivity index (χ1v) is 12.8. The maximum absolute atomic E-state index is 14.4. The minimum absolute atomic E-state index is 0.0498. The van der Waals surface area contributed by atoms with Gasteiger partial charge in [-0.3, -0.25) is 0 Å². The van der Waals surface area contributed by atoms with Crippen molar-refractivity contribution in [3.63, 3.8) is 0 Å². The van der Waals surface area contributed by atoms with Crippen molar-refractivity contribution in [1.82, 2.24) is 9.36 Å². The lowest BCUT2D eigenvalue weighted by atomic mass is 9.73. The Morgan fingerprint density at radius 1 is 1.00 bits per heavy atom. The van der Waals surface area contributed by atoms with Gasteiger partial charge in [0.15, 0.2) is 5.01 Å². The summed E-state index contributed by atoms with van der Waals surface area (Å²) in [5.74, 6) is 1.42. The number of nitrogens with zero attached hydrogens (tertiary/aromatic N) is 3. The summed E-state index contributed by atoms with van der Waals surface area (Å²) in [5.41, 5.74) is -0.565. The van der Waals surface area contributed by atoms with Crippen LogP contribution in [0, 0.1) is 5.92 Å². The van der Waals surface area contributed by atoms with Gasteiger partial charge in [-0.15, -0.1) is 0 Å². The molecule has 4 rings (SSSR count). The first kappa shape index (κ1) is 23.9. The molecule has 0 aliphatic heterocycles. The monoisotopic (exact) mass is 465 g/mol. The Balaban J connectivity index is 1.42. The van der Waals surface area contributed by atoms with Gasteiger partial charge >= 0.3 is 0 Å². The highest BCUT2D eigenvalue weighted by Gasteiger charge is 2.36. The van der Waals surface area contributed by atoms with Crippen LogP contribution in [0.15, 0.2) is 60.7 Å². The second-order valence-corrected chi connectivity index (χ2v) is 10.6. The van der Waals surface area contributed by atoms with Gasteiger partial charge in [0.1, 0.15) is 18.1 Å². The van der Waals surface area contributed by atoms with Gasteiger partial charge in [0.05, 0.1) is 27.2 Å². The molecule has 1 saturated carbocycles. The van der Waals surface area contributed by atoms with Gasteiger partial charge < -0.3 is 14.3 Å². The second-order valence-electron chi connectivity index (χ2n) is 9.78. The van der Waals surface area contributed by atoms with Crippen molar-refractivity contribution in [2.24, 2.45) is 5.92 Å². The standard InChI is InChI=1S/C27H35N3O2S/c1-30(2,19-12-20-32-24-17-10-5-11-18-24)21-25-28-26(29-33-25)27(31,22-13-6-3-7-14-22)23-15-8-4-9-16-23/h3,5-7,10-11,13-14,17-18,23H,4,8-9,12,15-16,19-21H2,1-2H3. The second kappa shape index (κ2) is 10.8. The summed E-state index contributed by atoms with van der Waals surface area (Å²) < 4.78 is 11.3. The molecule has 0 saturated heterocycles. The van der Waals surface area contributed by atoms with Crippen LogP contribution in [0.3, 0.4) is 0 Å². The zero-order valence-corrected chi connectivity index (χ0v) is 20.6. The highest BCUT2D eigenvalue weighted by molar-refractivity contribution is 7.05. The van der Waals surface area contributed by atoms with Crippen molar-refractivity contribution in [1.29, 1.82) is 0 Å². The molecule has 1 heterocycles. The molecule has 1 aromatic heterocycles. The molecule has 1 aliphatic rings. The quantitative estimate of drug-likeness (QED) is 0.320. The molecule has 5 nitrogen and oxygen atoms in total. The van der Waals surface area contributed by atoms with E-state index in [2.05, 4.69) is 18.5 Å². The number of benzene rings is 2. The third-order valence-corrected chi connectivity index (χ3v) is 7.36. The smallest absolute Gasteiger partial charge is 0.168 e. The Labute approximate surface area is 201 Å². The van der Waals surface area contributed by atoms with E-state index in [4.69, 9.17) is 9.72 Å². The lowest BCUT2D eigenvalue weighted by Crippen LogP contribution is -2.50. The van der Waals surface area contributed by atoms with Crippen LogP contribution in [-0.2, 0) is 12.1 Å². The van der Waals surface area contributed by atoms with Crippen LogP contribution in [0.25, 0.3) is 0 Å². The third-order valence-electron chi connectivity index (χ3n) is 6.67. The van der Waals surface area contributed by atoms with Crippen LogP contribution in [-0.4, -0.2) is 41.1 Å². The van der Waals surface area contributed by atoms with Crippen LogP contribution in [0.4, 0.5) is 0 Å². The molecule has 0 spiro atoms. The molecule has 2 aromatic carbocycles. The Morgan fingerprint density at radius 3 is 2.36 bits per heavy atom. The summed E-state index contributed by atoms with van der Waals surface area (Å²) in [6.07, 6.45) is 6.31. The third kappa shape index (κ3) is 5.99. The lowest BCUT2D eigenvalue weighted by Gasteiger charge is -2.47. The molecule has 0 bridgehead atoms. The predicted octanol–water partition coefficient (Wildman–Crippen LogP) is 4.77. The van der Waals surface area contributed by atoms with Crippen molar-refractivity contribution < 1.29 is 14.3 Å². The number of hydrogen-bond acceptors (Lipinski definition) is 5. The molecule has 1 aliphatic carbocycles. The van der Waals surface area contributed by atoms with Gasteiger partial charge in [0.2, 0.25) is 0 Å². The molecule has 0 radical (unpaired) electrons. The Hall–Kier alpha value is -2.28. The van der Waals surface area contributed by atoms with Gasteiger partial charge in [0, 0.05) is 6.42 Å². The molecular formula is C27H35N3O2S. The lowest BCUT2D eigenvalue weighted by molar-refractivity contribution is -0.903. The molecule has 6 heteroatoms. The van der Waals surface area contributed by atoms with Gasteiger partial charge in [-0.1, -0.05) is 86.2 Å². The van der Waals surface area contributed by atoms with Crippen LogP contribution >= 0.6 is 11.5 Å². The zero-order valence-electron chi connectivity index (χ0n) is 19.8. The first-order valence-electron chi connectivity index (χ1n) is 12.1. The molecule has 0 amide bonds. The molecule has 176 valence electrons. The average Bonchev–Trinajstić information content (AvgIpc) is 3.31. The van der Waals surface area contributed by atoms with Crippen molar-refractivity contribution in [2.45, 2.75) is 50.7 Å². The minimum atomic E-state index is -1.36. The van der Waals surface area contributed by atoms with E-state index in [9.17, 15) is 5.11 Å². The zero-order chi connectivity index (χ0) is 23.2. The summed E-state index contributed by atoms with van der Waals surface area (Å²) in [6.45, 7) is 2.41. The summed E-state index contributed by atoms with van der Waals surface area (Å²) in [7, 11) is 4.40. The normalized spacial score (nSPS) is 16.9. The van der Waals surface area contributed by atoms with Gasteiger partial charge in [-0.2, -0.15) is 4.37 Å². The van der Waals surface area contributed by atoms with E-state index in [1.807, 2.05) is 60.7 Å². The topological polar surface area (TPSA) is 58.1 Å². The van der Waals surface area contributed by atoms with E-state index in [0.29, 0.717) is 12.4 Å². The van der Waals surface area contributed by atoms with E-state index in [0.717, 1.165) is 66.0 Å². The van der Waals surface area contributed by atoms with Crippen LogP contribution in [0.5, 0.6) is 5.75 Å². The van der Waals surface area contributed by atoms with Crippen molar-refractivity contribution in [3.05, 3.63) is 77.1 Å². The molecule has 0 N–H and O–H groups in total. The molecule has 1 fully saturated rings. The average molecular weight is 466 g/mol. The van der Waals surface area contributed by atoms with Crippen LogP contribution < -0.4 is 9.84 Å². The maximum atomic E-state index is 14.4. The van der Waals surface area contributed by atoms with Gasteiger partial charge in [0.25, 0.3) is 0 Å². The number of ether oxygens (including phenoxy) is 1. The van der Waals surface area contributed by atoms with E-state index in [1.54, 1.807) is 0 Å². The fourth-order valence-electron chi connectivity index (χ4n) is 4.86. The van der Waals surface area contributed by atoms with E-state index >= 15 is 0 Å². The van der Waals surface area contributed by atoms with E-state index < -0.39 is 5.60 Å². The largest absolute Gasteiger partial charge is 0.840 e. The highest BCUT2D eigenvalue weighted by Crippen LogP contribution is 2.41. The number of rotatable bonds is 10. The number of aromatic nitrogens is 2. The number of para-hydroxylation sites is 1. The van der Waals surface area contributed by atoms with E-state index in [-0.39, 0.29) is 5.92 Å². The highest BCUT2D eigenvalue weighted by atomic mass is 32.1. The SMILES string of the molecule is C[N+](C)(CCCOc1ccccc1)Cc1nc(C([O-])(c2ccccc2)C2CCCCC2)ns1. The van der Waals surface area contributed by atoms with E-state index in [1.165, 1.54) is 18.0 Å². The van der Waals surface area contributed by atoms with Crippen LogP contribution in [0.2, 0.25) is 0 Å². The fourth-order valence-corrected chi connectivity index (χ4v) is 5.76. The summed E-state index contributed by atoms with van der Waals surface area (Å²) in [4.78, 5) is 4.84. The number of quaternary nitrogens is 1. The molecule has 1 atom stereocenters. The maximum Gasteiger partial charge on any atom is 0.168 e. The fraction of sp³-hybridized carbons (Fsp3) is 0.481. The predicted molar refractivity (Wildman–Crippen MR) is 131 cm³/mol. The Kier molecular flexibility index (Phi) is 7.78. The summed E-state index contributed by atoms with van der Waals surface area (Å²) in [6, 6.07) is 19.7. The number of hydrogen-bond donors (Lipinski definition) is 0.